The van der Waals surface area contributed by atoms with Gasteiger partial charge in [-0.3, -0.25) is 0 Å². The minimum Gasteiger partial charge on any atom is -0.456 e. The zero-order valence-corrected chi connectivity index (χ0v) is 12.4. The number of aryl methyl sites for hydroxylation is 1. The van der Waals surface area contributed by atoms with Crippen LogP contribution in [0.1, 0.15) is 5.56 Å². The van der Waals surface area contributed by atoms with Gasteiger partial charge in [0.1, 0.15) is 11.2 Å². The summed E-state index contributed by atoms with van der Waals surface area (Å²) in [6.07, 6.45) is 0. The van der Waals surface area contributed by atoms with E-state index in [2.05, 4.69) is 63.0 Å². The van der Waals surface area contributed by atoms with Crippen molar-refractivity contribution in [3.05, 3.63) is 42.0 Å². The summed E-state index contributed by atoms with van der Waals surface area (Å²) in [6, 6.07) is 12.9. The van der Waals surface area contributed by atoms with Gasteiger partial charge in [-0.15, -0.1) is 0 Å². The van der Waals surface area contributed by atoms with Gasteiger partial charge in [-0.1, -0.05) is 50.0 Å². The Bertz CT molecular complexity index is 732. The normalized spacial score (nSPS) is 12.4. The van der Waals surface area contributed by atoms with Gasteiger partial charge < -0.3 is 4.42 Å². The molecule has 0 fully saturated rings. The number of fused-ring (bicyclic) bond motifs is 3. The third-order valence-electron chi connectivity index (χ3n) is 3.54. The van der Waals surface area contributed by atoms with Gasteiger partial charge in [0.25, 0.3) is 0 Å². The summed E-state index contributed by atoms with van der Waals surface area (Å²) < 4.78 is 6.13. The van der Waals surface area contributed by atoms with Crippen molar-refractivity contribution in [3.8, 4) is 0 Å². The zero-order valence-electron chi connectivity index (χ0n) is 11.4. The van der Waals surface area contributed by atoms with Crippen LogP contribution in [0.4, 0.5) is 0 Å². The molecule has 0 amide bonds. The summed E-state index contributed by atoms with van der Waals surface area (Å²) in [6.45, 7) is 9.24. The molecule has 1 heterocycles. The number of para-hydroxylation sites is 1. The van der Waals surface area contributed by atoms with Crippen molar-refractivity contribution in [1.82, 2.24) is 0 Å². The van der Waals surface area contributed by atoms with Crippen molar-refractivity contribution >= 4 is 35.2 Å². The lowest BCUT2D eigenvalue weighted by Crippen LogP contribution is -2.37. The molecule has 0 aliphatic rings. The molecule has 0 aliphatic carbocycles. The molecule has 1 aromatic heterocycles. The largest absolute Gasteiger partial charge is 0.456 e. The molecule has 3 rings (SSSR count). The fourth-order valence-corrected chi connectivity index (χ4v) is 4.08. The molecular formula is C16H18OSi. The second-order valence-corrected chi connectivity index (χ2v) is 11.0. The number of rotatable bonds is 1. The molecule has 18 heavy (non-hydrogen) atoms. The van der Waals surface area contributed by atoms with Crippen LogP contribution in [-0.4, -0.2) is 8.07 Å². The zero-order chi connectivity index (χ0) is 12.9. The van der Waals surface area contributed by atoms with Crippen molar-refractivity contribution in [1.29, 1.82) is 0 Å². The van der Waals surface area contributed by atoms with Crippen LogP contribution in [0.3, 0.4) is 0 Å². The highest BCUT2D eigenvalue weighted by molar-refractivity contribution is 6.90. The fraction of sp³-hybridized carbons (Fsp3) is 0.250. The Morgan fingerprint density at radius 3 is 2.39 bits per heavy atom. The maximum Gasteiger partial charge on any atom is 0.135 e. The summed E-state index contributed by atoms with van der Waals surface area (Å²) in [7, 11) is -1.37. The highest BCUT2D eigenvalue weighted by Crippen LogP contribution is 2.30. The van der Waals surface area contributed by atoms with Crippen LogP contribution < -0.4 is 5.19 Å². The Hall–Kier alpha value is -1.54. The van der Waals surface area contributed by atoms with Crippen LogP contribution in [-0.2, 0) is 0 Å². The van der Waals surface area contributed by atoms with Crippen molar-refractivity contribution in [2.45, 2.75) is 26.6 Å². The lowest BCUT2D eigenvalue weighted by molar-refractivity contribution is 0.671. The summed E-state index contributed by atoms with van der Waals surface area (Å²) in [4.78, 5) is 0. The Morgan fingerprint density at radius 1 is 0.944 bits per heavy atom. The summed E-state index contributed by atoms with van der Waals surface area (Å²) in [5, 5.41) is 3.95. The predicted molar refractivity (Wildman–Crippen MR) is 81.4 cm³/mol. The summed E-state index contributed by atoms with van der Waals surface area (Å²) in [5.41, 5.74) is 3.40. The second-order valence-electron chi connectivity index (χ2n) is 5.98. The van der Waals surface area contributed by atoms with E-state index < -0.39 is 8.07 Å². The number of hydrogen-bond acceptors (Lipinski definition) is 1. The maximum atomic E-state index is 6.13. The van der Waals surface area contributed by atoms with E-state index in [-0.39, 0.29) is 0 Å². The van der Waals surface area contributed by atoms with Crippen molar-refractivity contribution in [3.63, 3.8) is 0 Å². The lowest BCUT2D eigenvalue weighted by Gasteiger charge is -2.16. The van der Waals surface area contributed by atoms with E-state index in [0.29, 0.717) is 0 Å². The molecule has 0 unspecified atom stereocenters. The molecule has 2 aromatic carbocycles. The Labute approximate surface area is 108 Å². The smallest absolute Gasteiger partial charge is 0.135 e. The Morgan fingerprint density at radius 2 is 1.67 bits per heavy atom. The Balaban J connectivity index is 2.51. The van der Waals surface area contributed by atoms with Crippen LogP contribution in [0, 0.1) is 6.92 Å². The third kappa shape index (κ3) is 1.60. The molecule has 0 spiro atoms. The highest BCUT2D eigenvalue weighted by atomic mass is 28.3. The van der Waals surface area contributed by atoms with Gasteiger partial charge in [-0.25, -0.2) is 0 Å². The topological polar surface area (TPSA) is 13.1 Å². The molecule has 0 atom stereocenters. The Kier molecular flexibility index (Phi) is 2.39. The van der Waals surface area contributed by atoms with E-state index in [9.17, 15) is 0 Å². The van der Waals surface area contributed by atoms with Gasteiger partial charge >= 0.3 is 0 Å². The van der Waals surface area contributed by atoms with Crippen LogP contribution >= 0.6 is 0 Å². The van der Waals surface area contributed by atoms with Gasteiger partial charge in [-0.05, 0) is 23.7 Å². The van der Waals surface area contributed by atoms with Crippen LogP contribution in [0.5, 0.6) is 0 Å². The van der Waals surface area contributed by atoms with Crippen LogP contribution in [0.15, 0.2) is 40.8 Å². The number of benzene rings is 2. The molecule has 0 radical (unpaired) electrons. The van der Waals surface area contributed by atoms with E-state index in [0.717, 1.165) is 11.2 Å². The molecular weight excluding hydrogens is 236 g/mol. The van der Waals surface area contributed by atoms with Crippen molar-refractivity contribution in [2.24, 2.45) is 0 Å². The van der Waals surface area contributed by atoms with Crippen LogP contribution in [0.2, 0.25) is 19.6 Å². The van der Waals surface area contributed by atoms with Crippen LogP contribution in [0.25, 0.3) is 21.9 Å². The first-order valence-corrected chi connectivity index (χ1v) is 9.90. The van der Waals surface area contributed by atoms with Crippen molar-refractivity contribution < 1.29 is 4.42 Å². The van der Waals surface area contributed by atoms with E-state index in [1.165, 1.54) is 21.5 Å². The quantitative estimate of drug-likeness (QED) is 0.585. The van der Waals surface area contributed by atoms with Gasteiger partial charge in [-0.2, -0.15) is 0 Å². The van der Waals surface area contributed by atoms with Gasteiger partial charge in [0.05, 0.1) is 8.07 Å². The molecule has 0 saturated heterocycles. The van der Waals surface area contributed by atoms with Gasteiger partial charge in [0.15, 0.2) is 0 Å². The molecule has 1 nitrogen and oxygen atoms in total. The molecule has 0 N–H and O–H groups in total. The number of hydrogen-bond donors (Lipinski definition) is 0. The highest BCUT2D eigenvalue weighted by Gasteiger charge is 2.22. The number of furan rings is 1. The standard InChI is InChI=1S/C16H18OSi/c1-11-7-5-9-13-15(11)12-8-6-10-14(16(12)17-13)18(2,3)4/h5-10H,1-4H3. The lowest BCUT2D eigenvalue weighted by atomic mass is 10.1. The van der Waals surface area contributed by atoms with E-state index >= 15 is 0 Å². The minimum atomic E-state index is -1.37. The average molecular weight is 254 g/mol. The van der Waals surface area contributed by atoms with Gasteiger partial charge in [0.2, 0.25) is 0 Å². The molecule has 0 saturated carbocycles. The molecule has 0 bridgehead atoms. The van der Waals surface area contributed by atoms with Gasteiger partial charge in [0, 0.05) is 10.8 Å². The first-order valence-electron chi connectivity index (χ1n) is 6.40. The first kappa shape index (κ1) is 11.5. The predicted octanol–water partition coefficient (Wildman–Crippen LogP) is 4.44. The minimum absolute atomic E-state index is 1.01. The molecule has 2 heteroatoms. The average Bonchev–Trinajstić information content (AvgIpc) is 2.66. The van der Waals surface area contributed by atoms with E-state index in [1.54, 1.807) is 0 Å². The molecule has 0 aliphatic heterocycles. The first-order chi connectivity index (χ1) is 8.48. The second kappa shape index (κ2) is 3.72. The van der Waals surface area contributed by atoms with E-state index in [1.807, 2.05) is 0 Å². The maximum absolute atomic E-state index is 6.13. The molecule has 92 valence electrons. The third-order valence-corrected chi connectivity index (χ3v) is 5.55. The van der Waals surface area contributed by atoms with Crippen molar-refractivity contribution in [2.75, 3.05) is 0 Å². The fourth-order valence-electron chi connectivity index (χ4n) is 2.62. The monoisotopic (exact) mass is 254 g/mol. The summed E-state index contributed by atoms with van der Waals surface area (Å²) in [5.74, 6) is 0. The SMILES string of the molecule is Cc1cccc2oc3c([Si](C)(C)C)cccc3c12. The van der Waals surface area contributed by atoms with E-state index in [4.69, 9.17) is 4.42 Å². The molecule has 3 aromatic rings. The summed E-state index contributed by atoms with van der Waals surface area (Å²) >= 11 is 0.